The molecule has 0 aliphatic carbocycles. The molecule has 1 aromatic carbocycles. The maximum absolute atomic E-state index is 14.4. The minimum Gasteiger partial charge on any atom is -0.398 e. The second kappa shape index (κ2) is 5.14. The van der Waals surface area contributed by atoms with E-state index in [4.69, 9.17) is 9.31 Å². The summed E-state index contributed by atoms with van der Waals surface area (Å²) in [5, 5.41) is 0. The van der Waals surface area contributed by atoms with Gasteiger partial charge in [-0.25, -0.2) is 9.37 Å². The van der Waals surface area contributed by atoms with Gasteiger partial charge >= 0.3 is 7.12 Å². The van der Waals surface area contributed by atoms with Gasteiger partial charge in [0, 0.05) is 0 Å². The van der Waals surface area contributed by atoms with Gasteiger partial charge in [0.2, 0.25) is 0 Å². The number of para-hydroxylation sites is 2. The highest BCUT2D eigenvalue weighted by atomic mass is 19.1. The molecule has 0 atom stereocenters. The largest absolute Gasteiger partial charge is 0.525 e. The molecule has 0 bridgehead atoms. The number of hydrogen-bond donors (Lipinski definition) is 0. The summed E-state index contributed by atoms with van der Waals surface area (Å²) < 4.78 is 25.8. The molecule has 1 fully saturated rings. The molecule has 6 heteroatoms. The Morgan fingerprint density at radius 1 is 1.09 bits per heavy atom. The third-order valence-electron chi connectivity index (χ3n) is 4.23. The van der Waals surface area contributed by atoms with E-state index in [-0.39, 0.29) is 0 Å². The van der Waals surface area contributed by atoms with Crippen molar-refractivity contribution in [3.05, 3.63) is 41.9 Å². The standard InChI is InChI=1S/C16H18BFN2O2/c1-15(2)16(3,4)22-17(21-15)14(18)9-11-10-19-12-7-5-6-8-13(12)20-11/h5-10H,1-4H3. The Kier molecular flexibility index (Phi) is 3.53. The average Bonchev–Trinajstić information content (AvgIpc) is 2.67. The molecule has 2 heterocycles. The molecule has 1 saturated heterocycles. The third kappa shape index (κ3) is 2.64. The first-order valence-corrected chi connectivity index (χ1v) is 7.23. The lowest BCUT2D eigenvalue weighted by Gasteiger charge is -2.32. The van der Waals surface area contributed by atoms with Crippen molar-refractivity contribution in [3.8, 4) is 0 Å². The van der Waals surface area contributed by atoms with Gasteiger partial charge in [-0.2, -0.15) is 0 Å². The molecular formula is C16H18BFN2O2. The first-order chi connectivity index (χ1) is 10.3. The van der Waals surface area contributed by atoms with Crippen molar-refractivity contribution in [3.63, 3.8) is 0 Å². The molecule has 4 nitrogen and oxygen atoms in total. The van der Waals surface area contributed by atoms with Crippen LogP contribution in [0.5, 0.6) is 0 Å². The van der Waals surface area contributed by atoms with Gasteiger partial charge in [0.1, 0.15) is 5.73 Å². The molecule has 1 aromatic heterocycles. The van der Waals surface area contributed by atoms with Gasteiger partial charge in [0.05, 0.1) is 34.1 Å². The number of hydrogen-bond acceptors (Lipinski definition) is 4. The average molecular weight is 300 g/mol. The highest BCUT2D eigenvalue weighted by Gasteiger charge is 2.53. The zero-order valence-electron chi connectivity index (χ0n) is 13.1. The fraction of sp³-hybridized carbons (Fsp3) is 0.375. The monoisotopic (exact) mass is 300 g/mol. The maximum Gasteiger partial charge on any atom is 0.525 e. The Hall–Kier alpha value is -1.79. The van der Waals surface area contributed by atoms with E-state index >= 15 is 0 Å². The summed E-state index contributed by atoms with van der Waals surface area (Å²) in [5.41, 5.74) is 0.276. The number of benzene rings is 1. The summed E-state index contributed by atoms with van der Waals surface area (Å²) in [7, 11) is -1.02. The van der Waals surface area contributed by atoms with Gasteiger partial charge in [-0.05, 0) is 45.9 Å². The van der Waals surface area contributed by atoms with Crippen molar-refractivity contribution >= 4 is 24.2 Å². The molecule has 1 aliphatic rings. The van der Waals surface area contributed by atoms with Crippen LogP contribution in [0, 0.1) is 0 Å². The Morgan fingerprint density at radius 2 is 1.68 bits per heavy atom. The van der Waals surface area contributed by atoms with Crippen molar-refractivity contribution < 1.29 is 13.7 Å². The molecule has 0 N–H and O–H groups in total. The highest BCUT2D eigenvalue weighted by Crippen LogP contribution is 2.38. The predicted octanol–water partition coefficient (Wildman–Crippen LogP) is 3.57. The summed E-state index contributed by atoms with van der Waals surface area (Å²) >= 11 is 0. The molecule has 1 aliphatic heterocycles. The van der Waals surface area contributed by atoms with Crippen LogP contribution in [0.2, 0.25) is 0 Å². The Bertz CT molecular complexity index is 730. The number of aromatic nitrogens is 2. The summed E-state index contributed by atoms with van der Waals surface area (Å²) in [4.78, 5) is 8.63. The number of nitrogens with zero attached hydrogens (tertiary/aromatic N) is 2. The van der Waals surface area contributed by atoms with Crippen LogP contribution in [0.15, 0.2) is 36.2 Å². The van der Waals surface area contributed by atoms with Gasteiger partial charge in [-0.1, -0.05) is 12.1 Å². The molecule has 3 rings (SSSR count). The van der Waals surface area contributed by atoms with Crippen molar-refractivity contribution in [2.45, 2.75) is 38.9 Å². The van der Waals surface area contributed by atoms with Crippen LogP contribution < -0.4 is 0 Å². The number of fused-ring (bicyclic) bond motifs is 1. The van der Waals surface area contributed by atoms with E-state index in [2.05, 4.69) is 9.97 Å². The first kappa shape index (κ1) is 15.1. The Labute approximate surface area is 129 Å². The van der Waals surface area contributed by atoms with Gasteiger partial charge < -0.3 is 9.31 Å². The van der Waals surface area contributed by atoms with E-state index < -0.39 is 24.0 Å². The van der Waals surface area contributed by atoms with E-state index in [0.717, 1.165) is 11.0 Å². The van der Waals surface area contributed by atoms with Gasteiger partial charge in [0.25, 0.3) is 0 Å². The van der Waals surface area contributed by atoms with Crippen LogP contribution in [0.3, 0.4) is 0 Å². The normalized spacial score (nSPS) is 20.6. The molecule has 0 unspecified atom stereocenters. The van der Waals surface area contributed by atoms with E-state index in [1.54, 1.807) is 0 Å². The lowest BCUT2D eigenvalue weighted by atomic mass is 9.87. The lowest BCUT2D eigenvalue weighted by Crippen LogP contribution is -2.41. The summed E-state index contributed by atoms with van der Waals surface area (Å²) in [5.74, 6) is 0. The highest BCUT2D eigenvalue weighted by molar-refractivity contribution is 6.54. The van der Waals surface area contributed by atoms with E-state index in [9.17, 15) is 4.39 Å². The topological polar surface area (TPSA) is 44.2 Å². The second-order valence-corrected chi connectivity index (χ2v) is 6.40. The van der Waals surface area contributed by atoms with Crippen LogP contribution in [0.4, 0.5) is 4.39 Å². The minimum atomic E-state index is -1.02. The van der Waals surface area contributed by atoms with Crippen LogP contribution in [0.1, 0.15) is 33.4 Å². The fourth-order valence-electron chi connectivity index (χ4n) is 2.21. The Morgan fingerprint density at radius 3 is 2.32 bits per heavy atom. The van der Waals surface area contributed by atoms with Gasteiger partial charge in [0.15, 0.2) is 0 Å². The number of halogens is 1. The maximum atomic E-state index is 14.4. The van der Waals surface area contributed by atoms with Crippen LogP contribution in [-0.2, 0) is 9.31 Å². The van der Waals surface area contributed by atoms with Crippen molar-refractivity contribution in [2.24, 2.45) is 0 Å². The van der Waals surface area contributed by atoms with Crippen LogP contribution >= 0.6 is 0 Å². The SMILES string of the molecule is CC1(C)OB(C(F)=Cc2cnc3ccccc3n2)OC1(C)C. The minimum absolute atomic E-state index is 0.436. The zero-order valence-corrected chi connectivity index (χ0v) is 13.1. The fourth-order valence-corrected chi connectivity index (χ4v) is 2.21. The molecule has 22 heavy (non-hydrogen) atoms. The van der Waals surface area contributed by atoms with Crippen molar-refractivity contribution in [1.29, 1.82) is 0 Å². The molecule has 0 amide bonds. The molecule has 114 valence electrons. The van der Waals surface area contributed by atoms with E-state index in [0.29, 0.717) is 5.69 Å². The molecule has 0 radical (unpaired) electrons. The Balaban J connectivity index is 1.88. The van der Waals surface area contributed by atoms with Crippen LogP contribution in [0.25, 0.3) is 17.1 Å². The molecule has 2 aromatic rings. The molecular weight excluding hydrogens is 282 g/mol. The lowest BCUT2D eigenvalue weighted by molar-refractivity contribution is 0.00578. The zero-order chi connectivity index (χ0) is 16.0. The molecule has 0 spiro atoms. The van der Waals surface area contributed by atoms with E-state index in [1.807, 2.05) is 52.0 Å². The van der Waals surface area contributed by atoms with Crippen LogP contribution in [-0.4, -0.2) is 28.3 Å². The van der Waals surface area contributed by atoms with Crippen molar-refractivity contribution in [1.82, 2.24) is 9.97 Å². The van der Waals surface area contributed by atoms with Gasteiger partial charge in [-0.15, -0.1) is 0 Å². The van der Waals surface area contributed by atoms with Crippen molar-refractivity contribution in [2.75, 3.05) is 0 Å². The number of rotatable bonds is 2. The quantitative estimate of drug-likeness (QED) is 0.795. The third-order valence-corrected chi connectivity index (χ3v) is 4.23. The van der Waals surface area contributed by atoms with Gasteiger partial charge in [-0.3, -0.25) is 4.98 Å². The van der Waals surface area contributed by atoms with E-state index in [1.165, 1.54) is 12.3 Å². The summed E-state index contributed by atoms with van der Waals surface area (Å²) in [6.07, 6.45) is 2.84. The summed E-state index contributed by atoms with van der Waals surface area (Å²) in [6.45, 7) is 7.54. The smallest absolute Gasteiger partial charge is 0.398 e. The molecule has 0 saturated carbocycles. The second-order valence-electron chi connectivity index (χ2n) is 6.40. The summed E-state index contributed by atoms with van der Waals surface area (Å²) in [6, 6.07) is 7.46. The predicted molar refractivity (Wildman–Crippen MR) is 84.7 cm³/mol. The first-order valence-electron chi connectivity index (χ1n) is 7.23.